The Morgan fingerprint density at radius 2 is 1.85 bits per heavy atom. The van der Waals surface area contributed by atoms with Crippen LogP contribution >= 0.6 is 12.4 Å². The molecule has 0 amide bonds. The van der Waals surface area contributed by atoms with E-state index in [4.69, 9.17) is 0 Å². The van der Waals surface area contributed by atoms with Crippen molar-refractivity contribution >= 4 is 19.7 Å². The van der Waals surface area contributed by atoms with E-state index in [2.05, 4.69) is 23.1 Å². The SMILES string of the molecule is C=CC(CCCCCC)n1ccnc1.Cl.F[B-](F)(F)F. The summed E-state index contributed by atoms with van der Waals surface area (Å²) in [5.41, 5.74) is 0. The lowest BCUT2D eigenvalue weighted by Gasteiger charge is -2.13. The van der Waals surface area contributed by atoms with Crippen molar-refractivity contribution in [3.63, 3.8) is 0 Å². The molecule has 0 aliphatic rings. The Morgan fingerprint density at radius 1 is 1.25 bits per heavy atom. The van der Waals surface area contributed by atoms with Crippen LogP contribution in [0.1, 0.15) is 45.1 Å². The van der Waals surface area contributed by atoms with Crippen LogP contribution < -0.4 is 0 Å². The van der Waals surface area contributed by atoms with Gasteiger partial charge in [0.05, 0.1) is 12.4 Å². The normalized spacial score (nSPS) is 11.8. The first kappa shape index (κ1) is 21.3. The van der Waals surface area contributed by atoms with Gasteiger partial charge in [-0.2, -0.15) is 0 Å². The van der Waals surface area contributed by atoms with E-state index < -0.39 is 7.25 Å². The van der Waals surface area contributed by atoms with Crippen molar-refractivity contribution in [3.8, 4) is 0 Å². The summed E-state index contributed by atoms with van der Waals surface area (Å²) in [7, 11) is -6.00. The molecule has 0 aromatic carbocycles. The number of rotatable bonds is 7. The van der Waals surface area contributed by atoms with Crippen LogP contribution in [-0.2, 0) is 0 Å². The fraction of sp³-hybridized carbons (Fsp3) is 0.583. The van der Waals surface area contributed by atoms with Gasteiger partial charge in [-0.15, -0.1) is 19.0 Å². The predicted octanol–water partition coefficient (Wildman–Crippen LogP) is 5.30. The lowest BCUT2D eigenvalue weighted by molar-refractivity contribution is 0.368. The van der Waals surface area contributed by atoms with Gasteiger partial charge in [-0.05, 0) is 6.42 Å². The Balaban J connectivity index is 0. The van der Waals surface area contributed by atoms with Crippen LogP contribution in [0.5, 0.6) is 0 Å². The van der Waals surface area contributed by atoms with Crippen molar-refractivity contribution in [2.75, 3.05) is 0 Å². The highest BCUT2D eigenvalue weighted by Crippen LogP contribution is 2.16. The van der Waals surface area contributed by atoms with Crippen LogP contribution in [0.4, 0.5) is 17.3 Å². The molecule has 1 heterocycles. The van der Waals surface area contributed by atoms with E-state index in [1.165, 1.54) is 32.1 Å². The van der Waals surface area contributed by atoms with E-state index in [0.717, 1.165) is 0 Å². The van der Waals surface area contributed by atoms with Gasteiger partial charge in [0, 0.05) is 12.4 Å². The maximum Gasteiger partial charge on any atom is 0.673 e. The average Bonchev–Trinajstić information content (AvgIpc) is 2.80. The van der Waals surface area contributed by atoms with Crippen LogP contribution in [0.3, 0.4) is 0 Å². The molecule has 1 unspecified atom stereocenters. The van der Waals surface area contributed by atoms with Crippen LogP contribution in [-0.4, -0.2) is 16.8 Å². The number of nitrogens with zero attached hydrogens (tertiary/aromatic N) is 2. The van der Waals surface area contributed by atoms with Crippen molar-refractivity contribution in [1.29, 1.82) is 0 Å². The Labute approximate surface area is 123 Å². The third-order valence-corrected chi connectivity index (χ3v) is 2.53. The zero-order valence-electron chi connectivity index (χ0n) is 11.5. The summed E-state index contributed by atoms with van der Waals surface area (Å²) < 4.78 is 41.1. The van der Waals surface area contributed by atoms with E-state index >= 15 is 0 Å². The lowest BCUT2D eigenvalue weighted by Crippen LogP contribution is -2.03. The summed E-state index contributed by atoms with van der Waals surface area (Å²) in [6.07, 6.45) is 14.1. The Morgan fingerprint density at radius 3 is 2.25 bits per heavy atom. The summed E-state index contributed by atoms with van der Waals surface area (Å²) in [4.78, 5) is 4.05. The standard InChI is InChI=1S/C12H20N2.BF4.ClH/c1-3-5-6-7-8-12(4-2)14-10-9-13-11-14;2-1(3,4)5;/h4,9-12H,2-3,5-8H2,1H3;;1H/q;-1;. The molecule has 1 aromatic rings. The molecule has 20 heavy (non-hydrogen) atoms. The van der Waals surface area contributed by atoms with E-state index in [-0.39, 0.29) is 12.4 Å². The Hall–Kier alpha value is -0.975. The van der Waals surface area contributed by atoms with Gasteiger partial charge in [0.1, 0.15) is 0 Å². The van der Waals surface area contributed by atoms with Gasteiger partial charge in [0.2, 0.25) is 0 Å². The molecule has 0 saturated heterocycles. The number of hydrogen-bond donors (Lipinski definition) is 0. The van der Waals surface area contributed by atoms with E-state index in [0.29, 0.717) is 6.04 Å². The summed E-state index contributed by atoms with van der Waals surface area (Å²) in [5, 5.41) is 0. The minimum Gasteiger partial charge on any atom is -0.418 e. The molecule has 8 heteroatoms. The molecule has 1 rings (SSSR count). The summed E-state index contributed by atoms with van der Waals surface area (Å²) in [5.74, 6) is 0. The Kier molecular flexibility index (Phi) is 12.6. The molecule has 118 valence electrons. The molecule has 0 saturated carbocycles. The monoisotopic (exact) mass is 315 g/mol. The van der Waals surface area contributed by atoms with Crippen LogP contribution in [0.2, 0.25) is 0 Å². The van der Waals surface area contributed by atoms with Gasteiger partial charge < -0.3 is 21.8 Å². The molecule has 0 fully saturated rings. The Bertz CT molecular complexity index is 325. The largest absolute Gasteiger partial charge is 0.673 e. The number of unbranched alkanes of at least 4 members (excludes halogenated alkanes) is 3. The second-order valence-electron chi connectivity index (χ2n) is 4.16. The molecule has 0 N–H and O–H groups in total. The minimum absolute atomic E-state index is 0. The number of halogens is 5. The minimum atomic E-state index is -6.00. The van der Waals surface area contributed by atoms with Gasteiger partial charge in [0.25, 0.3) is 0 Å². The van der Waals surface area contributed by atoms with Crippen molar-refractivity contribution in [2.45, 2.75) is 45.1 Å². The van der Waals surface area contributed by atoms with Crippen molar-refractivity contribution in [3.05, 3.63) is 31.4 Å². The van der Waals surface area contributed by atoms with Gasteiger partial charge in [-0.25, -0.2) is 4.98 Å². The van der Waals surface area contributed by atoms with Crippen LogP contribution in [0.15, 0.2) is 31.4 Å². The first-order valence-corrected chi connectivity index (χ1v) is 6.35. The molecule has 0 aliphatic carbocycles. The lowest BCUT2D eigenvalue weighted by atomic mass is 10.1. The number of hydrogen-bond acceptors (Lipinski definition) is 1. The molecule has 2 nitrogen and oxygen atoms in total. The highest BCUT2D eigenvalue weighted by Gasteiger charge is 2.20. The van der Waals surface area contributed by atoms with Crippen LogP contribution in [0.25, 0.3) is 0 Å². The smallest absolute Gasteiger partial charge is 0.418 e. The molecule has 0 aliphatic heterocycles. The van der Waals surface area contributed by atoms with Crippen molar-refractivity contribution in [2.24, 2.45) is 0 Å². The summed E-state index contributed by atoms with van der Waals surface area (Å²) >= 11 is 0. The van der Waals surface area contributed by atoms with Gasteiger partial charge in [0.15, 0.2) is 0 Å². The highest BCUT2D eigenvalue weighted by atomic mass is 35.5. The fourth-order valence-corrected chi connectivity index (χ4v) is 1.63. The fourth-order valence-electron chi connectivity index (χ4n) is 1.63. The van der Waals surface area contributed by atoms with Crippen molar-refractivity contribution in [1.82, 2.24) is 9.55 Å². The number of aromatic nitrogens is 2. The van der Waals surface area contributed by atoms with Gasteiger partial charge in [-0.1, -0.05) is 38.7 Å². The molecule has 0 spiro atoms. The van der Waals surface area contributed by atoms with Crippen molar-refractivity contribution < 1.29 is 17.3 Å². The first-order chi connectivity index (χ1) is 8.88. The maximum atomic E-state index is 9.75. The number of allylic oxidation sites excluding steroid dienone is 1. The molecular formula is C12H21BClF4N2-. The zero-order chi connectivity index (χ0) is 14.7. The highest BCUT2D eigenvalue weighted by molar-refractivity contribution is 6.50. The van der Waals surface area contributed by atoms with Gasteiger partial charge >= 0.3 is 7.25 Å². The molecule has 0 bridgehead atoms. The second-order valence-corrected chi connectivity index (χ2v) is 4.16. The molecular weight excluding hydrogens is 294 g/mol. The topological polar surface area (TPSA) is 17.8 Å². The van der Waals surface area contributed by atoms with E-state index in [9.17, 15) is 17.3 Å². The van der Waals surface area contributed by atoms with Gasteiger partial charge in [-0.3, -0.25) is 0 Å². The maximum absolute atomic E-state index is 9.75. The van der Waals surface area contributed by atoms with Crippen LogP contribution in [0, 0.1) is 0 Å². The molecule has 0 radical (unpaired) electrons. The number of imidazole rings is 1. The summed E-state index contributed by atoms with van der Waals surface area (Å²) in [6.45, 7) is 6.10. The summed E-state index contributed by atoms with van der Waals surface area (Å²) in [6, 6.07) is 0.425. The third kappa shape index (κ3) is 13.5. The van der Waals surface area contributed by atoms with E-state index in [1.54, 1.807) is 0 Å². The average molecular weight is 316 g/mol. The molecule has 1 atom stereocenters. The quantitative estimate of drug-likeness (QED) is 0.289. The van der Waals surface area contributed by atoms with E-state index in [1.807, 2.05) is 24.8 Å². The third-order valence-electron chi connectivity index (χ3n) is 2.53. The molecule has 1 aromatic heterocycles. The first-order valence-electron chi connectivity index (χ1n) is 6.35. The second kappa shape index (κ2) is 11.8. The zero-order valence-corrected chi connectivity index (χ0v) is 12.3. The predicted molar refractivity (Wildman–Crippen MR) is 77.7 cm³/mol.